The molecule has 1 atom stereocenters. The summed E-state index contributed by atoms with van der Waals surface area (Å²) in [6.45, 7) is 0. The van der Waals surface area contributed by atoms with Gasteiger partial charge in [0.15, 0.2) is 0 Å². The summed E-state index contributed by atoms with van der Waals surface area (Å²) >= 11 is 0. The number of hydrogen-bond donors (Lipinski definition) is 0. The van der Waals surface area contributed by atoms with E-state index in [2.05, 4.69) is 0 Å². The summed E-state index contributed by atoms with van der Waals surface area (Å²) in [6.07, 6.45) is 5.61. The minimum absolute atomic E-state index is 0.691. The highest BCUT2D eigenvalue weighted by Crippen LogP contribution is 1.93. The second-order valence-electron chi connectivity index (χ2n) is 1.30. The maximum atomic E-state index is 10.4. The van der Waals surface area contributed by atoms with Gasteiger partial charge < -0.3 is 0 Å². The van der Waals surface area contributed by atoms with Crippen LogP contribution in [0.3, 0.4) is 0 Å². The van der Waals surface area contributed by atoms with E-state index >= 15 is 0 Å². The van der Waals surface area contributed by atoms with Crippen LogP contribution in [0.5, 0.6) is 0 Å². The van der Waals surface area contributed by atoms with E-state index in [9.17, 15) is 4.21 Å². The second-order valence-corrected chi connectivity index (χ2v) is 2.67. The van der Waals surface area contributed by atoms with Crippen molar-refractivity contribution >= 4 is 10.8 Å². The summed E-state index contributed by atoms with van der Waals surface area (Å²) in [5.74, 6) is 0.691. The lowest BCUT2D eigenvalue weighted by Crippen LogP contribution is -1.90. The molecule has 7 heavy (non-hydrogen) atoms. The topological polar surface area (TPSA) is 17.1 Å². The predicted octanol–water partition coefficient (Wildman–Crippen LogP) is 0.819. The highest BCUT2D eigenvalue weighted by atomic mass is 32.2. The molecule has 0 spiro atoms. The van der Waals surface area contributed by atoms with Gasteiger partial charge in [0.2, 0.25) is 0 Å². The Morgan fingerprint density at radius 3 is 2.57 bits per heavy atom. The molecule has 0 N–H and O–H groups in total. The Morgan fingerprint density at radius 2 is 2.29 bits per heavy atom. The Bertz CT molecular complexity index is 135. The van der Waals surface area contributed by atoms with Crippen LogP contribution in [0.4, 0.5) is 0 Å². The van der Waals surface area contributed by atoms with E-state index in [1.54, 1.807) is 11.5 Å². The van der Waals surface area contributed by atoms with Crippen LogP contribution in [0.1, 0.15) is 0 Å². The molecule has 0 saturated carbocycles. The zero-order chi connectivity index (χ0) is 5.11. The Hall–Kier alpha value is -0.370. The molecule has 0 aliphatic carbocycles. The minimum atomic E-state index is -0.708. The lowest BCUT2D eigenvalue weighted by Gasteiger charge is -1.90. The molecule has 2 heteroatoms. The van der Waals surface area contributed by atoms with Gasteiger partial charge in [-0.3, -0.25) is 4.21 Å². The normalized spacial score (nSPS) is 28.3. The first-order chi connectivity index (χ1) is 3.39. The molecule has 1 rings (SSSR count). The van der Waals surface area contributed by atoms with Crippen molar-refractivity contribution < 1.29 is 4.21 Å². The van der Waals surface area contributed by atoms with Gasteiger partial charge in [0, 0.05) is 22.0 Å². The molecule has 0 aromatic rings. The summed E-state index contributed by atoms with van der Waals surface area (Å²) in [5.41, 5.74) is 0. The van der Waals surface area contributed by atoms with E-state index in [1.165, 1.54) is 0 Å². The van der Waals surface area contributed by atoms with E-state index in [0.29, 0.717) is 5.75 Å². The van der Waals surface area contributed by atoms with Gasteiger partial charge in [-0.2, -0.15) is 0 Å². The molecule has 0 radical (unpaired) electrons. The van der Waals surface area contributed by atoms with Gasteiger partial charge in [-0.05, 0) is 0 Å². The highest BCUT2D eigenvalue weighted by molar-refractivity contribution is 7.88. The van der Waals surface area contributed by atoms with Crippen LogP contribution in [0, 0.1) is 0 Å². The summed E-state index contributed by atoms with van der Waals surface area (Å²) in [5, 5.41) is 1.69. The fraction of sp³-hybridized carbons (Fsp3) is 0.200. The molecule has 0 unspecified atom stereocenters. The van der Waals surface area contributed by atoms with Gasteiger partial charge in [0.25, 0.3) is 0 Å². The first-order valence-corrected chi connectivity index (χ1v) is 3.48. The molecular formula is C5H6OS. The van der Waals surface area contributed by atoms with E-state index in [1.807, 2.05) is 12.2 Å². The molecule has 1 aliphatic rings. The van der Waals surface area contributed by atoms with Crippen molar-refractivity contribution in [3.63, 3.8) is 0 Å². The van der Waals surface area contributed by atoms with Crippen LogP contribution in [-0.4, -0.2) is 9.96 Å². The molecule has 1 aliphatic heterocycles. The molecule has 1 heterocycles. The summed E-state index contributed by atoms with van der Waals surface area (Å²) in [7, 11) is -0.708. The van der Waals surface area contributed by atoms with Crippen LogP contribution in [0.25, 0.3) is 0 Å². The van der Waals surface area contributed by atoms with Gasteiger partial charge in [0.1, 0.15) is 0 Å². The quantitative estimate of drug-likeness (QED) is 0.455. The first-order valence-electron chi connectivity index (χ1n) is 2.10. The maximum absolute atomic E-state index is 10.4. The standard InChI is InChI=1S/C5H6OS/c6-7-4-2-1-3-5-7/h1-4H,5H2/t7-/m0/s1. The fourth-order valence-corrected chi connectivity index (χ4v) is 1.10. The van der Waals surface area contributed by atoms with E-state index in [-0.39, 0.29) is 0 Å². The monoisotopic (exact) mass is 114 g/mol. The first kappa shape index (κ1) is 4.78. The van der Waals surface area contributed by atoms with Crippen LogP contribution >= 0.6 is 0 Å². The van der Waals surface area contributed by atoms with Crippen LogP contribution in [0.2, 0.25) is 0 Å². The summed E-state index contributed by atoms with van der Waals surface area (Å²) in [4.78, 5) is 0. The number of hydrogen-bond acceptors (Lipinski definition) is 1. The third-order valence-corrected chi connectivity index (χ3v) is 1.72. The zero-order valence-corrected chi connectivity index (χ0v) is 4.65. The van der Waals surface area contributed by atoms with Crippen LogP contribution in [0.15, 0.2) is 23.6 Å². The van der Waals surface area contributed by atoms with E-state index in [4.69, 9.17) is 0 Å². The van der Waals surface area contributed by atoms with E-state index in [0.717, 1.165) is 0 Å². The van der Waals surface area contributed by atoms with E-state index < -0.39 is 10.8 Å². The Balaban J connectivity index is 2.66. The van der Waals surface area contributed by atoms with Crippen molar-refractivity contribution in [3.05, 3.63) is 23.6 Å². The van der Waals surface area contributed by atoms with Gasteiger partial charge >= 0.3 is 0 Å². The molecule has 1 nitrogen and oxygen atoms in total. The smallest absolute Gasteiger partial charge is 0.0494 e. The fourth-order valence-electron chi connectivity index (χ4n) is 0.418. The molecule has 0 aromatic heterocycles. The Labute approximate surface area is 45.2 Å². The number of rotatable bonds is 0. The van der Waals surface area contributed by atoms with Crippen molar-refractivity contribution in [2.45, 2.75) is 0 Å². The largest absolute Gasteiger partial charge is 0.255 e. The lowest BCUT2D eigenvalue weighted by molar-refractivity contribution is 0.690. The Kier molecular flexibility index (Phi) is 1.42. The number of allylic oxidation sites excluding steroid dienone is 2. The average molecular weight is 114 g/mol. The van der Waals surface area contributed by atoms with Crippen molar-refractivity contribution in [2.75, 3.05) is 5.75 Å². The van der Waals surface area contributed by atoms with Crippen molar-refractivity contribution in [1.29, 1.82) is 0 Å². The molecule has 0 saturated heterocycles. The second kappa shape index (κ2) is 2.07. The lowest BCUT2D eigenvalue weighted by atomic mass is 10.5. The molecular weight excluding hydrogens is 108 g/mol. The zero-order valence-electron chi connectivity index (χ0n) is 3.83. The van der Waals surface area contributed by atoms with Gasteiger partial charge in [-0.1, -0.05) is 18.2 Å². The summed E-state index contributed by atoms with van der Waals surface area (Å²) < 4.78 is 10.4. The third kappa shape index (κ3) is 1.27. The third-order valence-electron chi connectivity index (χ3n) is 0.738. The molecule has 0 fully saturated rings. The minimum Gasteiger partial charge on any atom is -0.255 e. The molecule has 0 amide bonds. The average Bonchev–Trinajstić information content (AvgIpc) is 1.69. The van der Waals surface area contributed by atoms with Crippen molar-refractivity contribution in [2.24, 2.45) is 0 Å². The molecule has 0 aromatic carbocycles. The highest BCUT2D eigenvalue weighted by Gasteiger charge is 1.89. The van der Waals surface area contributed by atoms with Gasteiger partial charge in [0.05, 0.1) is 0 Å². The predicted molar refractivity (Wildman–Crippen MR) is 31.3 cm³/mol. The summed E-state index contributed by atoms with van der Waals surface area (Å²) in [6, 6.07) is 0. The van der Waals surface area contributed by atoms with Crippen LogP contribution in [-0.2, 0) is 10.8 Å². The Morgan fingerprint density at radius 1 is 1.43 bits per heavy atom. The molecule has 0 bridgehead atoms. The van der Waals surface area contributed by atoms with Crippen molar-refractivity contribution in [3.8, 4) is 0 Å². The van der Waals surface area contributed by atoms with Crippen molar-refractivity contribution in [1.82, 2.24) is 0 Å². The molecule has 38 valence electrons. The van der Waals surface area contributed by atoms with Crippen LogP contribution < -0.4 is 0 Å². The maximum Gasteiger partial charge on any atom is 0.0494 e. The SMILES string of the molecule is O=[S@]1C=CC=CC1. The van der Waals surface area contributed by atoms with Gasteiger partial charge in [-0.15, -0.1) is 0 Å². The van der Waals surface area contributed by atoms with Gasteiger partial charge in [-0.25, -0.2) is 0 Å².